The lowest BCUT2D eigenvalue weighted by molar-refractivity contribution is 0.257. The molecule has 0 aromatic rings. The maximum atomic E-state index is 5.57. The maximum Gasteiger partial charge on any atom is 0.183 e. The molecule has 1 atom stereocenters. The van der Waals surface area contributed by atoms with Gasteiger partial charge in [-0.2, -0.15) is 0 Å². The molecule has 0 spiro atoms. The van der Waals surface area contributed by atoms with Crippen LogP contribution in [0.5, 0.6) is 0 Å². The van der Waals surface area contributed by atoms with Crippen molar-refractivity contribution in [1.82, 2.24) is 0 Å². The highest BCUT2D eigenvalue weighted by Crippen LogP contribution is 2.12. The zero-order chi connectivity index (χ0) is 6.91. The third-order valence-corrected chi connectivity index (χ3v) is 2.14. The van der Waals surface area contributed by atoms with E-state index in [4.69, 9.17) is 9.16 Å². The molecule has 54 valence electrons. The average Bonchev–Trinajstić information content (AvgIpc) is 2.38. The van der Waals surface area contributed by atoms with E-state index >= 15 is 0 Å². The van der Waals surface area contributed by atoms with Gasteiger partial charge < -0.3 is 9.16 Å². The first-order valence-corrected chi connectivity index (χ1v) is 6.74. The summed E-state index contributed by atoms with van der Waals surface area (Å²) in [7, 11) is -1.26. The molecule has 3 heteroatoms. The van der Waals surface area contributed by atoms with Crippen LogP contribution in [0.2, 0.25) is 19.6 Å². The van der Waals surface area contributed by atoms with Gasteiger partial charge in [-0.3, -0.25) is 0 Å². The highest BCUT2D eigenvalue weighted by molar-refractivity contribution is 6.69. The van der Waals surface area contributed by atoms with Crippen molar-refractivity contribution in [2.75, 3.05) is 13.2 Å². The van der Waals surface area contributed by atoms with Crippen molar-refractivity contribution in [3.8, 4) is 0 Å². The topological polar surface area (TPSA) is 21.8 Å². The fraction of sp³-hybridized carbons (Fsp3) is 1.00. The van der Waals surface area contributed by atoms with Gasteiger partial charge in [0.25, 0.3) is 0 Å². The molecule has 0 amide bonds. The van der Waals surface area contributed by atoms with Gasteiger partial charge in [0.1, 0.15) is 6.10 Å². The normalized spacial score (nSPS) is 26.3. The van der Waals surface area contributed by atoms with Crippen molar-refractivity contribution < 1.29 is 9.16 Å². The van der Waals surface area contributed by atoms with Gasteiger partial charge >= 0.3 is 0 Å². The van der Waals surface area contributed by atoms with Crippen LogP contribution >= 0.6 is 0 Å². The Labute approximate surface area is 57.3 Å². The second-order valence-corrected chi connectivity index (χ2v) is 7.89. The third-order valence-electron chi connectivity index (χ3n) is 1.10. The lowest BCUT2D eigenvalue weighted by atomic mass is 10.5. The lowest BCUT2D eigenvalue weighted by Gasteiger charge is -2.15. The SMILES string of the molecule is C[Si](C)(C)OCC1CO1. The molecule has 0 N–H and O–H groups in total. The standard InChI is InChI=1S/C6H14O2Si/c1-9(2,3)8-5-6-4-7-6/h6H,4-5H2,1-3H3. The summed E-state index contributed by atoms with van der Waals surface area (Å²) in [6, 6.07) is 0. The van der Waals surface area contributed by atoms with Gasteiger partial charge in [-0.1, -0.05) is 0 Å². The molecule has 0 bridgehead atoms. The Hall–Kier alpha value is 0.137. The van der Waals surface area contributed by atoms with E-state index in [9.17, 15) is 0 Å². The molecule has 1 heterocycles. The summed E-state index contributed by atoms with van der Waals surface area (Å²) in [5.41, 5.74) is 0. The molecule has 1 fully saturated rings. The smallest absolute Gasteiger partial charge is 0.183 e. The van der Waals surface area contributed by atoms with Crippen molar-refractivity contribution in [2.24, 2.45) is 0 Å². The van der Waals surface area contributed by atoms with E-state index in [1.807, 2.05) is 0 Å². The molecular weight excluding hydrogens is 132 g/mol. The molecule has 0 aromatic carbocycles. The summed E-state index contributed by atoms with van der Waals surface area (Å²) < 4.78 is 10.6. The van der Waals surface area contributed by atoms with E-state index in [1.54, 1.807) is 0 Å². The maximum absolute atomic E-state index is 5.57. The zero-order valence-corrected chi connectivity index (χ0v) is 7.31. The molecule has 1 unspecified atom stereocenters. The summed E-state index contributed by atoms with van der Waals surface area (Å²) in [6.07, 6.45) is 0.428. The van der Waals surface area contributed by atoms with E-state index in [0.717, 1.165) is 13.2 Å². The summed E-state index contributed by atoms with van der Waals surface area (Å²) in [5, 5.41) is 0. The van der Waals surface area contributed by atoms with Crippen molar-refractivity contribution in [3.05, 3.63) is 0 Å². The van der Waals surface area contributed by atoms with Gasteiger partial charge in [-0.05, 0) is 19.6 Å². The molecule has 0 saturated carbocycles. The van der Waals surface area contributed by atoms with Crippen LogP contribution in [0.4, 0.5) is 0 Å². The minimum atomic E-state index is -1.26. The van der Waals surface area contributed by atoms with E-state index in [-0.39, 0.29) is 0 Å². The molecule has 0 aliphatic carbocycles. The molecular formula is C6H14O2Si. The van der Waals surface area contributed by atoms with Crippen molar-refractivity contribution >= 4 is 8.32 Å². The molecule has 0 aromatic heterocycles. The predicted molar refractivity (Wildman–Crippen MR) is 39.0 cm³/mol. The van der Waals surface area contributed by atoms with Gasteiger partial charge in [0.05, 0.1) is 13.2 Å². The number of rotatable bonds is 3. The van der Waals surface area contributed by atoms with Crippen LogP contribution in [0.15, 0.2) is 0 Å². The van der Waals surface area contributed by atoms with Gasteiger partial charge in [0.2, 0.25) is 0 Å². The minimum Gasteiger partial charge on any atom is -0.415 e. The fourth-order valence-electron chi connectivity index (χ4n) is 0.507. The third kappa shape index (κ3) is 3.67. The van der Waals surface area contributed by atoms with E-state index in [1.165, 1.54) is 0 Å². The number of hydrogen-bond donors (Lipinski definition) is 0. The molecule has 1 rings (SSSR count). The summed E-state index contributed by atoms with van der Waals surface area (Å²) in [4.78, 5) is 0. The second-order valence-electron chi connectivity index (χ2n) is 3.38. The van der Waals surface area contributed by atoms with Crippen LogP contribution in [-0.4, -0.2) is 27.6 Å². The van der Waals surface area contributed by atoms with Gasteiger partial charge in [-0.15, -0.1) is 0 Å². The van der Waals surface area contributed by atoms with Crippen LogP contribution in [0.1, 0.15) is 0 Å². The first-order chi connectivity index (χ1) is 4.08. The van der Waals surface area contributed by atoms with E-state index < -0.39 is 8.32 Å². The Balaban J connectivity index is 2.03. The van der Waals surface area contributed by atoms with E-state index in [0.29, 0.717) is 6.10 Å². The number of hydrogen-bond acceptors (Lipinski definition) is 2. The summed E-state index contributed by atoms with van der Waals surface area (Å²) in [5.74, 6) is 0. The predicted octanol–water partition coefficient (Wildman–Crippen LogP) is 1.24. The number of ether oxygens (including phenoxy) is 1. The van der Waals surface area contributed by atoms with Crippen LogP contribution in [0.25, 0.3) is 0 Å². The Kier molecular flexibility index (Phi) is 1.93. The zero-order valence-electron chi connectivity index (χ0n) is 6.31. The van der Waals surface area contributed by atoms with Crippen molar-refractivity contribution in [2.45, 2.75) is 25.7 Å². The molecule has 1 aliphatic heterocycles. The molecule has 1 saturated heterocycles. The van der Waals surface area contributed by atoms with Crippen LogP contribution in [0, 0.1) is 0 Å². The van der Waals surface area contributed by atoms with Gasteiger partial charge in [0.15, 0.2) is 8.32 Å². The Bertz CT molecular complexity index is 93.7. The second kappa shape index (κ2) is 2.40. The molecule has 0 radical (unpaired) electrons. The first-order valence-electron chi connectivity index (χ1n) is 3.33. The molecule has 2 nitrogen and oxygen atoms in total. The molecule has 9 heavy (non-hydrogen) atoms. The van der Waals surface area contributed by atoms with E-state index in [2.05, 4.69) is 19.6 Å². The van der Waals surface area contributed by atoms with Gasteiger partial charge in [-0.25, -0.2) is 0 Å². The highest BCUT2D eigenvalue weighted by Gasteiger charge is 2.25. The highest BCUT2D eigenvalue weighted by atomic mass is 28.4. The summed E-state index contributed by atoms with van der Waals surface area (Å²) in [6.45, 7) is 8.29. The van der Waals surface area contributed by atoms with Crippen molar-refractivity contribution in [3.63, 3.8) is 0 Å². The Morgan fingerprint density at radius 2 is 2.11 bits per heavy atom. The average molecular weight is 146 g/mol. The Morgan fingerprint density at radius 3 is 2.44 bits per heavy atom. The van der Waals surface area contributed by atoms with Crippen LogP contribution in [-0.2, 0) is 9.16 Å². The van der Waals surface area contributed by atoms with Crippen LogP contribution < -0.4 is 0 Å². The summed E-state index contributed by atoms with van der Waals surface area (Å²) >= 11 is 0. The largest absolute Gasteiger partial charge is 0.415 e. The molecule has 1 aliphatic rings. The van der Waals surface area contributed by atoms with Crippen LogP contribution in [0.3, 0.4) is 0 Å². The lowest BCUT2D eigenvalue weighted by Crippen LogP contribution is -2.27. The quantitative estimate of drug-likeness (QED) is 0.441. The minimum absolute atomic E-state index is 0.428. The van der Waals surface area contributed by atoms with Crippen molar-refractivity contribution in [1.29, 1.82) is 0 Å². The Morgan fingerprint density at radius 1 is 1.56 bits per heavy atom. The fourth-order valence-corrected chi connectivity index (χ4v) is 1.19. The monoisotopic (exact) mass is 146 g/mol. The van der Waals surface area contributed by atoms with Gasteiger partial charge in [0, 0.05) is 0 Å². The first kappa shape index (κ1) is 7.25. The number of epoxide rings is 1.